The number of nitrogens with one attached hydrogen (secondary N) is 1. The number of aromatic nitrogens is 3. The molecule has 0 bridgehead atoms. The van der Waals surface area contributed by atoms with Crippen molar-refractivity contribution in [3.05, 3.63) is 47.2 Å². The van der Waals surface area contributed by atoms with E-state index in [1.165, 1.54) is 12.1 Å². The second kappa shape index (κ2) is 7.13. The molecule has 1 aromatic carbocycles. The van der Waals surface area contributed by atoms with Crippen LogP contribution in [0.1, 0.15) is 5.69 Å². The van der Waals surface area contributed by atoms with Crippen LogP contribution in [-0.2, 0) is 9.84 Å². The Morgan fingerprint density at radius 3 is 2.26 bits per heavy atom. The molecule has 2 aromatic heterocycles. The molecule has 3 rings (SSSR count). The number of pyridine rings is 1. The lowest BCUT2D eigenvalue weighted by Gasteiger charge is -2.14. The van der Waals surface area contributed by atoms with Crippen molar-refractivity contribution in [2.45, 2.75) is 11.8 Å². The van der Waals surface area contributed by atoms with Crippen molar-refractivity contribution in [3.63, 3.8) is 0 Å². The summed E-state index contributed by atoms with van der Waals surface area (Å²) in [6.07, 6.45) is 1.16. The third-order valence-corrected chi connectivity index (χ3v) is 5.45. The van der Waals surface area contributed by atoms with Crippen LogP contribution in [0.15, 0.2) is 41.3 Å². The van der Waals surface area contributed by atoms with Crippen LogP contribution in [0.3, 0.4) is 0 Å². The van der Waals surface area contributed by atoms with Crippen molar-refractivity contribution in [3.8, 4) is 22.4 Å². The predicted octanol–water partition coefficient (Wildman–Crippen LogP) is 3.19. The van der Waals surface area contributed by atoms with Gasteiger partial charge in [0.25, 0.3) is 0 Å². The molecule has 0 radical (unpaired) electrons. The smallest absolute Gasteiger partial charge is 0.220 e. The number of nitrogens with two attached hydrogens (primary N) is 1. The summed E-state index contributed by atoms with van der Waals surface area (Å²) in [5, 5.41) is 3.23. The molecule has 9 heteroatoms. The standard InChI is InChI=1S/C18H18ClN5O2S/c1-10-15(13-8-9-14(21-2)23-17(13)19)16(24-18(20)22-10)11-4-6-12(7-5-11)27(3,25)26/h4-9H,1-3H3,(H,21,23)(H2,20,22,24). The van der Waals surface area contributed by atoms with E-state index in [1.807, 2.05) is 13.0 Å². The number of rotatable bonds is 4. The van der Waals surface area contributed by atoms with Gasteiger partial charge in [0.1, 0.15) is 11.0 Å². The third kappa shape index (κ3) is 3.86. The maximum atomic E-state index is 11.7. The average molecular weight is 404 g/mol. The first-order chi connectivity index (χ1) is 12.7. The van der Waals surface area contributed by atoms with Crippen LogP contribution in [0, 0.1) is 6.92 Å². The van der Waals surface area contributed by atoms with Gasteiger partial charge in [-0.3, -0.25) is 0 Å². The fourth-order valence-electron chi connectivity index (χ4n) is 2.75. The normalized spacial score (nSPS) is 11.4. The van der Waals surface area contributed by atoms with Gasteiger partial charge in [-0.2, -0.15) is 0 Å². The molecule has 0 amide bonds. The Kier molecular flexibility index (Phi) is 5.03. The molecule has 2 heterocycles. The van der Waals surface area contributed by atoms with E-state index in [-0.39, 0.29) is 10.8 Å². The Labute approximate surface area is 162 Å². The van der Waals surface area contributed by atoms with Gasteiger partial charge in [0, 0.05) is 30.0 Å². The fraction of sp³-hybridized carbons (Fsp3) is 0.167. The van der Waals surface area contributed by atoms with E-state index < -0.39 is 9.84 Å². The number of anilines is 2. The summed E-state index contributed by atoms with van der Waals surface area (Å²) in [7, 11) is -1.54. The van der Waals surface area contributed by atoms with E-state index in [0.29, 0.717) is 39.0 Å². The first-order valence-electron chi connectivity index (χ1n) is 8.00. The Balaban J connectivity index is 2.22. The van der Waals surface area contributed by atoms with Crippen LogP contribution >= 0.6 is 11.6 Å². The zero-order valence-electron chi connectivity index (χ0n) is 15.0. The van der Waals surface area contributed by atoms with Gasteiger partial charge in [0.2, 0.25) is 5.95 Å². The molecule has 0 spiro atoms. The molecule has 0 atom stereocenters. The molecule has 140 valence electrons. The summed E-state index contributed by atoms with van der Waals surface area (Å²) < 4.78 is 23.4. The summed E-state index contributed by atoms with van der Waals surface area (Å²) in [5.74, 6) is 0.756. The Hall–Kier alpha value is -2.71. The second-order valence-electron chi connectivity index (χ2n) is 5.97. The highest BCUT2D eigenvalue weighted by molar-refractivity contribution is 7.90. The van der Waals surface area contributed by atoms with Crippen LogP contribution in [0.2, 0.25) is 5.15 Å². The number of nitrogens with zero attached hydrogens (tertiary/aromatic N) is 3. The zero-order chi connectivity index (χ0) is 19.8. The fourth-order valence-corrected chi connectivity index (χ4v) is 3.62. The summed E-state index contributed by atoms with van der Waals surface area (Å²) in [5.41, 5.74) is 9.10. The van der Waals surface area contributed by atoms with Crippen LogP contribution in [-0.4, -0.2) is 36.7 Å². The molecular weight excluding hydrogens is 386 g/mol. The van der Waals surface area contributed by atoms with Gasteiger partial charge in [-0.1, -0.05) is 23.7 Å². The van der Waals surface area contributed by atoms with E-state index in [1.54, 1.807) is 25.2 Å². The lowest BCUT2D eigenvalue weighted by Crippen LogP contribution is -2.04. The SMILES string of the molecule is CNc1ccc(-c2c(C)nc(N)nc2-c2ccc(S(C)(=O)=O)cc2)c(Cl)n1. The van der Waals surface area contributed by atoms with E-state index in [4.69, 9.17) is 17.3 Å². The molecule has 27 heavy (non-hydrogen) atoms. The molecule has 3 N–H and O–H groups in total. The molecule has 0 aliphatic heterocycles. The van der Waals surface area contributed by atoms with E-state index in [9.17, 15) is 8.42 Å². The molecule has 0 unspecified atom stereocenters. The maximum Gasteiger partial charge on any atom is 0.220 e. The number of halogens is 1. The lowest BCUT2D eigenvalue weighted by atomic mass is 9.99. The zero-order valence-corrected chi connectivity index (χ0v) is 16.6. The number of sulfone groups is 1. The number of hydrogen-bond acceptors (Lipinski definition) is 7. The van der Waals surface area contributed by atoms with Crippen LogP contribution in [0.5, 0.6) is 0 Å². The van der Waals surface area contributed by atoms with Gasteiger partial charge < -0.3 is 11.1 Å². The Morgan fingerprint density at radius 2 is 1.70 bits per heavy atom. The highest BCUT2D eigenvalue weighted by Crippen LogP contribution is 2.37. The molecule has 0 fully saturated rings. The van der Waals surface area contributed by atoms with Gasteiger partial charge in [-0.15, -0.1) is 0 Å². The highest BCUT2D eigenvalue weighted by atomic mass is 35.5. The van der Waals surface area contributed by atoms with Crippen molar-refractivity contribution >= 4 is 33.2 Å². The number of hydrogen-bond donors (Lipinski definition) is 2. The Bertz CT molecular complexity index is 1120. The topological polar surface area (TPSA) is 111 Å². The number of aryl methyl sites for hydroxylation is 1. The minimum atomic E-state index is -3.29. The first-order valence-corrected chi connectivity index (χ1v) is 10.3. The third-order valence-electron chi connectivity index (χ3n) is 4.04. The van der Waals surface area contributed by atoms with Crippen molar-refractivity contribution in [2.75, 3.05) is 24.4 Å². The first kappa shape index (κ1) is 19.1. The van der Waals surface area contributed by atoms with Crippen molar-refractivity contribution in [2.24, 2.45) is 0 Å². The quantitative estimate of drug-likeness (QED) is 0.643. The van der Waals surface area contributed by atoms with Crippen molar-refractivity contribution in [1.82, 2.24) is 15.0 Å². The predicted molar refractivity (Wildman–Crippen MR) is 108 cm³/mol. The minimum absolute atomic E-state index is 0.120. The van der Waals surface area contributed by atoms with E-state index in [2.05, 4.69) is 20.3 Å². The van der Waals surface area contributed by atoms with Crippen molar-refractivity contribution < 1.29 is 8.42 Å². The Morgan fingerprint density at radius 1 is 1.04 bits per heavy atom. The minimum Gasteiger partial charge on any atom is -0.373 e. The summed E-state index contributed by atoms with van der Waals surface area (Å²) in [6, 6.07) is 10.1. The second-order valence-corrected chi connectivity index (χ2v) is 8.35. The molecular formula is C18H18ClN5O2S. The number of nitrogen functional groups attached to an aromatic ring is 1. The van der Waals surface area contributed by atoms with Crippen molar-refractivity contribution in [1.29, 1.82) is 0 Å². The summed E-state index contributed by atoms with van der Waals surface area (Å²) in [4.78, 5) is 13.1. The van der Waals surface area contributed by atoms with Gasteiger partial charge in [-0.25, -0.2) is 23.4 Å². The van der Waals surface area contributed by atoms with Crippen LogP contribution < -0.4 is 11.1 Å². The lowest BCUT2D eigenvalue weighted by molar-refractivity contribution is 0.602. The monoisotopic (exact) mass is 403 g/mol. The molecule has 0 saturated carbocycles. The van der Waals surface area contributed by atoms with Gasteiger partial charge >= 0.3 is 0 Å². The number of benzene rings is 1. The largest absolute Gasteiger partial charge is 0.373 e. The van der Waals surface area contributed by atoms with Gasteiger partial charge in [-0.05, 0) is 31.2 Å². The molecule has 3 aromatic rings. The highest BCUT2D eigenvalue weighted by Gasteiger charge is 2.18. The van der Waals surface area contributed by atoms with Gasteiger partial charge in [0.15, 0.2) is 9.84 Å². The molecule has 0 aliphatic rings. The van der Waals surface area contributed by atoms with E-state index in [0.717, 1.165) is 6.26 Å². The molecule has 7 nitrogen and oxygen atoms in total. The van der Waals surface area contributed by atoms with E-state index >= 15 is 0 Å². The van der Waals surface area contributed by atoms with Crippen LogP contribution in [0.25, 0.3) is 22.4 Å². The molecule has 0 aliphatic carbocycles. The molecule has 0 saturated heterocycles. The maximum absolute atomic E-state index is 11.7. The van der Waals surface area contributed by atoms with Crippen LogP contribution in [0.4, 0.5) is 11.8 Å². The summed E-state index contributed by atoms with van der Waals surface area (Å²) >= 11 is 6.38. The summed E-state index contributed by atoms with van der Waals surface area (Å²) in [6.45, 7) is 1.81. The average Bonchev–Trinajstić information content (AvgIpc) is 2.61. The van der Waals surface area contributed by atoms with Gasteiger partial charge in [0.05, 0.1) is 16.3 Å².